The van der Waals surface area contributed by atoms with Crippen molar-refractivity contribution >= 4 is 29.1 Å². The molecular formula is C27H31N3O4. The van der Waals surface area contributed by atoms with Gasteiger partial charge < -0.3 is 19.7 Å². The molecule has 0 fully saturated rings. The van der Waals surface area contributed by atoms with Crippen LogP contribution in [0.2, 0.25) is 0 Å². The Morgan fingerprint density at radius 2 is 1.41 bits per heavy atom. The third-order valence-electron chi connectivity index (χ3n) is 5.15. The molecule has 0 saturated heterocycles. The van der Waals surface area contributed by atoms with Crippen molar-refractivity contribution in [2.75, 3.05) is 42.4 Å². The van der Waals surface area contributed by atoms with Crippen LogP contribution < -0.4 is 19.9 Å². The molecule has 0 spiro atoms. The third kappa shape index (κ3) is 6.51. The van der Waals surface area contributed by atoms with E-state index in [0.717, 1.165) is 22.7 Å². The standard InChI is InChI=1S/C27H31N3O4/c1-5-33-25-17-15-24(16-18-25)30(19-20-7-13-23(14-8-20)29(3)4)27(32)28-22-11-9-21(10-12-22)26(31)34-6-2/h7-18H,5-6,19H2,1-4H3,(H,28,32). The van der Waals surface area contributed by atoms with Gasteiger partial charge in [-0.25, -0.2) is 9.59 Å². The highest BCUT2D eigenvalue weighted by Gasteiger charge is 2.17. The number of esters is 1. The van der Waals surface area contributed by atoms with Gasteiger partial charge in [0, 0.05) is 31.2 Å². The molecule has 0 aliphatic carbocycles. The van der Waals surface area contributed by atoms with Gasteiger partial charge >= 0.3 is 12.0 Å². The maximum absolute atomic E-state index is 13.3. The Bertz CT molecular complexity index is 1080. The highest BCUT2D eigenvalue weighted by atomic mass is 16.5. The topological polar surface area (TPSA) is 71.1 Å². The summed E-state index contributed by atoms with van der Waals surface area (Å²) < 4.78 is 10.6. The van der Waals surface area contributed by atoms with E-state index in [2.05, 4.69) is 5.32 Å². The summed E-state index contributed by atoms with van der Waals surface area (Å²) in [5, 5.41) is 2.92. The number of nitrogens with zero attached hydrogens (tertiary/aromatic N) is 2. The van der Waals surface area contributed by atoms with E-state index in [1.807, 2.05) is 74.4 Å². The molecule has 0 bridgehead atoms. The molecule has 1 N–H and O–H groups in total. The van der Waals surface area contributed by atoms with Crippen molar-refractivity contribution in [2.24, 2.45) is 0 Å². The van der Waals surface area contributed by atoms with Crippen LogP contribution in [-0.4, -0.2) is 39.3 Å². The van der Waals surface area contributed by atoms with Gasteiger partial charge in [-0.05, 0) is 80.1 Å². The van der Waals surface area contributed by atoms with Crippen LogP contribution in [0, 0.1) is 0 Å². The summed E-state index contributed by atoms with van der Waals surface area (Å²) in [6.07, 6.45) is 0. The number of hydrogen-bond donors (Lipinski definition) is 1. The minimum atomic E-state index is -0.391. The average Bonchev–Trinajstić information content (AvgIpc) is 2.84. The van der Waals surface area contributed by atoms with Gasteiger partial charge in [0.2, 0.25) is 0 Å². The molecule has 7 nitrogen and oxygen atoms in total. The van der Waals surface area contributed by atoms with Crippen LogP contribution in [0.25, 0.3) is 0 Å². The molecule has 0 aromatic heterocycles. The Balaban J connectivity index is 1.81. The number of rotatable bonds is 9. The summed E-state index contributed by atoms with van der Waals surface area (Å²) in [7, 11) is 3.98. The Kier molecular flexibility index (Phi) is 8.51. The van der Waals surface area contributed by atoms with Gasteiger partial charge in [-0.1, -0.05) is 12.1 Å². The minimum absolute atomic E-state index is 0.287. The molecular weight excluding hydrogens is 430 g/mol. The number of ether oxygens (including phenoxy) is 2. The van der Waals surface area contributed by atoms with Gasteiger partial charge in [0.1, 0.15) is 5.75 Å². The van der Waals surface area contributed by atoms with Crippen LogP contribution in [-0.2, 0) is 11.3 Å². The zero-order valence-electron chi connectivity index (χ0n) is 20.1. The van der Waals surface area contributed by atoms with Crippen LogP contribution in [0.15, 0.2) is 72.8 Å². The molecule has 178 valence electrons. The summed E-state index contributed by atoms with van der Waals surface area (Å²) in [6, 6.07) is 21.9. The maximum Gasteiger partial charge on any atom is 0.338 e. The second kappa shape index (κ2) is 11.7. The first-order valence-electron chi connectivity index (χ1n) is 11.3. The molecule has 34 heavy (non-hydrogen) atoms. The van der Waals surface area contributed by atoms with Crippen molar-refractivity contribution in [3.8, 4) is 5.75 Å². The molecule has 0 radical (unpaired) electrons. The fourth-order valence-corrected chi connectivity index (χ4v) is 3.35. The van der Waals surface area contributed by atoms with E-state index < -0.39 is 5.97 Å². The predicted octanol–water partition coefficient (Wildman–Crippen LogP) is 5.57. The summed E-state index contributed by atoms with van der Waals surface area (Å²) in [4.78, 5) is 28.9. The van der Waals surface area contributed by atoms with E-state index in [4.69, 9.17) is 9.47 Å². The molecule has 7 heteroatoms. The van der Waals surface area contributed by atoms with Crippen LogP contribution in [0.1, 0.15) is 29.8 Å². The van der Waals surface area contributed by atoms with Gasteiger partial charge in [-0.3, -0.25) is 4.90 Å². The highest BCUT2D eigenvalue weighted by Crippen LogP contribution is 2.24. The quantitative estimate of drug-likeness (QED) is 0.422. The molecule has 0 aliphatic heterocycles. The molecule has 0 heterocycles. The van der Waals surface area contributed by atoms with Crippen LogP contribution in [0.4, 0.5) is 21.9 Å². The first kappa shape index (κ1) is 24.6. The largest absolute Gasteiger partial charge is 0.494 e. The zero-order valence-corrected chi connectivity index (χ0v) is 20.1. The SMILES string of the molecule is CCOC(=O)c1ccc(NC(=O)N(Cc2ccc(N(C)C)cc2)c2ccc(OCC)cc2)cc1. The fraction of sp³-hybridized carbons (Fsp3) is 0.259. The molecule has 2 amide bonds. The second-order valence-corrected chi connectivity index (χ2v) is 7.80. The minimum Gasteiger partial charge on any atom is -0.494 e. The van der Waals surface area contributed by atoms with E-state index in [1.54, 1.807) is 36.1 Å². The van der Waals surface area contributed by atoms with Gasteiger partial charge in [0.25, 0.3) is 0 Å². The average molecular weight is 462 g/mol. The van der Waals surface area contributed by atoms with Gasteiger partial charge in [0.15, 0.2) is 0 Å². The van der Waals surface area contributed by atoms with Gasteiger partial charge in [-0.15, -0.1) is 0 Å². The fourth-order valence-electron chi connectivity index (χ4n) is 3.35. The number of carbonyl (C=O) groups excluding carboxylic acids is 2. The Morgan fingerprint density at radius 1 is 0.794 bits per heavy atom. The van der Waals surface area contributed by atoms with Crippen molar-refractivity contribution in [1.29, 1.82) is 0 Å². The summed E-state index contributed by atoms with van der Waals surface area (Å²) in [5.41, 5.74) is 3.83. The van der Waals surface area contributed by atoms with Crippen LogP contribution >= 0.6 is 0 Å². The van der Waals surface area contributed by atoms with Crippen molar-refractivity contribution in [2.45, 2.75) is 20.4 Å². The third-order valence-corrected chi connectivity index (χ3v) is 5.15. The lowest BCUT2D eigenvalue weighted by Gasteiger charge is -2.24. The van der Waals surface area contributed by atoms with Crippen molar-refractivity contribution in [1.82, 2.24) is 0 Å². The van der Waals surface area contributed by atoms with Crippen LogP contribution in [0.3, 0.4) is 0 Å². The number of nitrogens with one attached hydrogen (secondary N) is 1. The normalized spacial score (nSPS) is 10.4. The number of hydrogen-bond acceptors (Lipinski definition) is 5. The van der Waals surface area contributed by atoms with Crippen molar-refractivity contribution < 1.29 is 19.1 Å². The number of urea groups is 1. The van der Waals surface area contributed by atoms with E-state index in [9.17, 15) is 9.59 Å². The lowest BCUT2D eigenvalue weighted by atomic mass is 10.1. The highest BCUT2D eigenvalue weighted by molar-refractivity contribution is 6.02. The molecule has 0 aliphatic rings. The van der Waals surface area contributed by atoms with Gasteiger partial charge in [-0.2, -0.15) is 0 Å². The van der Waals surface area contributed by atoms with Crippen molar-refractivity contribution in [3.05, 3.63) is 83.9 Å². The molecule has 3 aromatic rings. The van der Waals surface area contributed by atoms with Crippen LogP contribution in [0.5, 0.6) is 5.75 Å². The first-order valence-corrected chi connectivity index (χ1v) is 11.3. The van der Waals surface area contributed by atoms with E-state index in [0.29, 0.717) is 31.0 Å². The monoisotopic (exact) mass is 461 g/mol. The lowest BCUT2D eigenvalue weighted by molar-refractivity contribution is 0.0526. The second-order valence-electron chi connectivity index (χ2n) is 7.80. The summed E-state index contributed by atoms with van der Waals surface area (Å²) in [5.74, 6) is 0.356. The first-order chi connectivity index (χ1) is 16.4. The predicted molar refractivity (Wildman–Crippen MR) is 136 cm³/mol. The summed E-state index contributed by atoms with van der Waals surface area (Å²) in [6.45, 7) is 4.95. The summed E-state index contributed by atoms with van der Waals surface area (Å²) >= 11 is 0. The Labute approximate surface area is 200 Å². The van der Waals surface area contributed by atoms with E-state index in [-0.39, 0.29) is 6.03 Å². The molecule has 3 aromatic carbocycles. The lowest BCUT2D eigenvalue weighted by Crippen LogP contribution is -2.34. The zero-order chi connectivity index (χ0) is 24.5. The maximum atomic E-state index is 13.3. The molecule has 0 atom stereocenters. The number of benzene rings is 3. The Hall–Kier alpha value is -4.00. The van der Waals surface area contributed by atoms with E-state index >= 15 is 0 Å². The number of anilines is 3. The smallest absolute Gasteiger partial charge is 0.338 e. The van der Waals surface area contributed by atoms with Gasteiger partial charge in [0.05, 0.1) is 25.3 Å². The Morgan fingerprint density at radius 3 is 1.97 bits per heavy atom. The molecule has 0 saturated carbocycles. The van der Waals surface area contributed by atoms with E-state index in [1.165, 1.54) is 0 Å². The molecule has 3 rings (SSSR count). The number of carbonyl (C=O) groups is 2. The number of amides is 2. The molecule has 0 unspecified atom stereocenters. The van der Waals surface area contributed by atoms with Crippen molar-refractivity contribution in [3.63, 3.8) is 0 Å².